The third-order valence-electron chi connectivity index (χ3n) is 2.01. The molecule has 0 saturated heterocycles. The fourth-order valence-electron chi connectivity index (χ4n) is 1.31. The molecule has 1 atom stereocenters. The van der Waals surface area contributed by atoms with Crippen LogP contribution in [-0.4, -0.2) is 14.7 Å². The van der Waals surface area contributed by atoms with E-state index in [2.05, 4.69) is 9.55 Å². The fraction of sp³-hybridized carbons (Fsp3) is 0.625. The standard InChI is InChI=1S/C8H12N2O/c1-6(11)8-9-4-5-10(8)7-2-3-7/h4-7,11H,2-3H2,1H3/t6-/m1/s1. The van der Waals surface area contributed by atoms with Gasteiger partial charge < -0.3 is 9.67 Å². The topological polar surface area (TPSA) is 38.1 Å². The van der Waals surface area contributed by atoms with Crippen molar-refractivity contribution in [2.45, 2.75) is 31.9 Å². The molecular formula is C8H12N2O. The largest absolute Gasteiger partial charge is 0.385 e. The minimum absolute atomic E-state index is 0.439. The van der Waals surface area contributed by atoms with Crippen LogP contribution in [0.25, 0.3) is 0 Å². The molecular weight excluding hydrogens is 140 g/mol. The number of aliphatic hydroxyl groups excluding tert-OH is 1. The number of hydrogen-bond acceptors (Lipinski definition) is 2. The van der Waals surface area contributed by atoms with Crippen molar-refractivity contribution < 1.29 is 5.11 Å². The predicted molar refractivity (Wildman–Crippen MR) is 41.1 cm³/mol. The van der Waals surface area contributed by atoms with Crippen LogP contribution < -0.4 is 0 Å². The van der Waals surface area contributed by atoms with Gasteiger partial charge in [-0.15, -0.1) is 0 Å². The number of rotatable bonds is 2. The van der Waals surface area contributed by atoms with Gasteiger partial charge in [0.25, 0.3) is 0 Å². The monoisotopic (exact) mass is 152 g/mol. The molecule has 1 aromatic rings. The summed E-state index contributed by atoms with van der Waals surface area (Å²) in [7, 11) is 0. The number of aromatic nitrogens is 2. The normalized spacial score (nSPS) is 20.2. The second-order valence-electron chi connectivity index (χ2n) is 3.10. The average Bonchev–Trinajstić information content (AvgIpc) is 2.68. The van der Waals surface area contributed by atoms with Gasteiger partial charge in [-0.3, -0.25) is 0 Å². The van der Waals surface area contributed by atoms with Crippen molar-refractivity contribution in [1.82, 2.24) is 9.55 Å². The Bertz CT molecular complexity index is 234. The molecule has 0 unspecified atom stereocenters. The first-order valence-electron chi connectivity index (χ1n) is 4.00. The minimum atomic E-state index is -0.439. The Hall–Kier alpha value is -0.830. The average molecular weight is 152 g/mol. The van der Waals surface area contributed by atoms with Gasteiger partial charge in [0.2, 0.25) is 0 Å². The summed E-state index contributed by atoms with van der Waals surface area (Å²) in [5.74, 6) is 0.799. The van der Waals surface area contributed by atoms with E-state index in [0.717, 1.165) is 5.82 Å². The van der Waals surface area contributed by atoms with Crippen molar-refractivity contribution >= 4 is 0 Å². The Kier molecular flexibility index (Phi) is 1.46. The van der Waals surface area contributed by atoms with Gasteiger partial charge in [0.05, 0.1) is 0 Å². The van der Waals surface area contributed by atoms with Crippen LogP contribution >= 0.6 is 0 Å². The second kappa shape index (κ2) is 2.34. The van der Waals surface area contributed by atoms with E-state index in [4.69, 9.17) is 0 Å². The molecule has 0 radical (unpaired) electrons. The van der Waals surface area contributed by atoms with Gasteiger partial charge in [0.1, 0.15) is 11.9 Å². The summed E-state index contributed by atoms with van der Waals surface area (Å²) in [4.78, 5) is 4.09. The van der Waals surface area contributed by atoms with Crippen LogP contribution in [0.3, 0.4) is 0 Å². The summed E-state index contributed by atoms with van der Waals surface area (Å²) in [6.45, 7) is 1.75. The fourth-order valence-corrected chi connectivity index (χ4v) is 1.31. The van der Waals surface area contributed by atoms with Gasteiger partial charge in [0.15, 0.2) is 0 Å². The number of hydrogen-bond donors (Lipinski definition) is 1. The molecule has 0 spiro atoms. The highest BCUT2D eigenvalue weighted by Gasteiger charge is 2.26. The molecule has 1 N–H and O–H groups in total. The maximum Gasteiger partial charge on any atom is 0.137 e. The van der Waals surface area contributed by atoms with Crippen LogP contribution in [0, 0.1) is 0 Å². The van der Waals surface area contributed by atoms with Crippen LogP contribution in [0.15, 0.2) is 12.4 Å². The van der Waals surface area contributed by atoms with E-state index in [1.165, 1.54) is 12.8 Å². The molecule has 11 heavy (non-hydrogen) atoms. The van der Waals surface area contributed by atoms with E-state index in [1.807, 2.05) is 6.20 Å². The molecule has 1 heterocycles. The van der Waals surface area contributed by atoms with Gasteiger partial charge in [-0.05, 0) is 19.8 Å². The van der Waals surface area contributed by atoms with E-state index in [-0.39, 0.29) is 0 Å². The van der Waals surface area contributed by atoms with E-state index in [9.17, 15) is 5.11 Å². The molecule has 1 aliphatic rings. The number of aliphatic hydroxyl groups is 1. The molecule has 1 aliphatic carbocycles. The zero-order chi connectivity index (χ0) is 7.84. The summed E-state index contributed by atoms with van der Waals surface area (Å²) in [5, 5.41) is 9.29. The van der Waals surface area contributed by atoms with Crippen LogP contribution in [0.5, 0.6) is 0 Å². The first-order chi connectivity index (χ1) is 5.29. The lowest BCUT2D eigenvalue weighted by Gasteiger charge is -2.07. The Morgan fingerprint density at radius 3 is 3.00 bits per heavy atom. The predicted octanol–water partition coefficient (Wildman–Crippen LogP) is 1.27. The molecule has 0 aromatic carbocycles. The molecule has 0 bridgehead atoms. The summed E-state index contributed by atoms with van der Waals surface area (Å²) in [6.07, 6.45) is 5.72. The third-order valence-corrected chi connectivity index (χ3v) is 2.01. The van der Waals surface area contributed by atoms with Crippen molar-refractivity contribution in [2.75, 3.05) is 0 Å². The zero-order valence-corrected chi connectivity index (χ0v) is 6.57. The van der Waals surface area contributed by atoms with E-state index in [1.54, 1.807) is 13.1 Å². The molecule has 2 rings (SSSR count). The molecule has 3 nitrogen and oxygen atoms in total. The zero-order valence-electron chi connectivity index (χ0n) is 6.57. The Balaban J connectivity index is 2.30. The first kappa shape index (κ1) is 6.85. The van der Waals surface area contributed by atoms with Crippen molar-refractivity contribution in [1.29, 1.82) is 0 Å². The number of nitrogens with zero attached hydrogens (tertiary/aromatic N) is 2. The summed E-state index contributed by atoms with van der Waals surface area (Å²) >= 11 is 0. The van der Waals surface area contributed by atoms with Crippen LogP contribution in [0.2, 0.25) is 0 Å². The van der Waals surface area contributed by atoms with Crippen LogP contribution in [-0.2, 0) is 0 Å². The molecule has 1 saturated carbocycles. The van der Waals surface area contributed by atoms with Gasteiger partial charge in [-0.2, -0.15) is 0 Å². The van der Waals surface area contributed by atoms with Gasteiger partial charge >= 0.3 is 0 Å². The molecule has 60 valence electrons. The van der Waals surface area contributed by atoms with Crippen molar-refractivity contribution in [3.8, 4) is 0 Å². The lowest BCUT2D eigenvalue weighted by atomic mass is 10.4. The summed E-state index contributed by atoms with van der Waals surface area (Å²) < 4.78 is 2.07. The van der Waals surface area contributed by atoms with Gasteiger partial charge in [0, 0.05) is 18.4 Å². The highest BCUT2D eigenvalue weighted by Crippen LogP contribution is 2.36. The summed E-state index contributed by atoms with van der Waals surface area (Å²) in [5.41, 5.74) is 0. The Morgan fingerprint density at radius 1 is 1.73 bits per heavy atom. The molecule has 1 aromatic heterocycles. The Morgan fingerprint density at radius 2 is 2.45 bits per heavy atom. The highest BCUT2D eigenvalue weighted by atomic mass is 16.3. The second-order valence-corrected chi connectivity index (χ2v) is 3.10. The smallest absolute Gasteiger partial charge is 0.137 e. The lowest BCUT2D eigenvalue weighted by Crippen LogP contribution is -2.03. The van der Waals surface area contributed by atoms with Crippen molar-refractivity contribution in [2.24, 2.45) is 0 Å². The quantitative estimate of drug-likeness (QED) is 0.693. The van der Waals surface area contributed by atoms with Gasteiger partial charge in [-0.1, -0.05) is 0 Å². The Labute approximate surface area is 65.7 Å². The first-order valence-corrected chi connectivity index (χ1v) is 4.00. The maximum absolute atomic E-state index is 9.29. The van der Waals surface area contributed by atoms with Crippen molar-refractivity contribution in [3.63, 3.8) is 0 Å². The van der Waals surface area contributed by atoms with E-state index in [0.29, 0.717) is 6.04 Å². The number of imidazole rings is 1. The SMILES string of the molecule is C[C@@H](O)c1nccn1C1CC1. The third kappa shape index (κ3) is 1.16. The van der Waals surface area contributed by atoms with Crippen molar-refractivity contribution in [3.05, 3.63) is 18.2 Å². The lowest BCUT2D eigenvalue weighted by molar-refractivity contribution is 0.183. The van der Waals surface area contributed by atoms with Crippen LogP contribution in [0.1, 0.15) is 37.7 Å². The van der Waals surface area contributed by atoms with E-state index < -0.39 is 6.10 Å². The van der Waals surface area contributed by atoms with Crippen LogP contribution in [0.4, 0.5) is 0 Å². The molecule has 0 amide bonds. The molecule has 3 heteroatoms. The molecule has 1 fully saturated rings. The highest BCUT2D eigenvalue weighted by molar-refractivity contribution is 5.01. The minimum Gasteiger partial charge on any atom is -0.385 e. The maximum atomic E-state index is 9.29. The summed E-state index contributed by atoms with van der Waals surface area (Å²) in [6, 6.07) is 0.613. The van der Waals surface area contributed by atoms with Gasteiger partial charge in [-0.25, -0.2) is 4.98 Å². The van der Waals surface area contributed by atoms with E-state index >= 15 is 0 Å². The molecule has 0 aliphatic heterocycles.